The van der Waals surface area contributed by atoms with Gasteiger partial charge in [0, 0.05) is 11.3 Å². The highest BCUT2D eigenvalue weighted by Crippen LogP contribution is 2.25. The number of amides is 1. The number of nitrogens with one attached hydrogen (secondary N) is 1. The molecule has 1 aromatic heterocycles. The number of nitrogen functional groups attached to an aromatic ring is 1. The molecule has 9 heteroatoms. The molecule has 0 bridgehead atoms. The van der Waals surface area contributed by atoms with Crippen LogP contribution in [0.1, 0.15) is 24.2 Å². The molecule has 2 aromatic carbocycles. The molecule has 0 saturated carbocycles. The number of carbonyl (C=O) groups excluding carboxylic acids is 1. The third-order valence-corrected chi connectivity index (χ3v) is 6.18. The van der Waals surface area contributed by atoms with E-state index in [4.69, 9.17) is 10.5 Å². The minimum Gasteiger partial charge on any atom is -0.497 e. The Kier molecular flexibility index (Phi) is 4.79. The number of hydrogen-bond acceptors (Lipinski definition) is 6. The van der Waals surface area contributed by atoms with Crippen LogP contribution in [0, 0.1) is 0 Å². The number of carbonyl (C=O) groups is 1. The van der Waals surface area contributed by atoms with Crippen molar-refractivity contribution in [2.24, 2.45) is 0 Å². The Morgan fingerprint density at radius 3 is 2.44 bits per heavy atom. The van der Waals surface area contributed by atoms with Crippen molar-refractivity contribution >= 4 is 38.6 Å². The average molecular weight is 388 g/mol. The van der Waals surface area contributed by atoms with Crippen molar-refractivity contribution in [1.29, 1.82) is 0 Å². The van der Waals surface area contributed by atoms with Gasteiger partial charge in [0.2, 0.25) is 16.0 Å². The molecule has 0 atom stereocenters. The summed E-state index contributed by atoms with van der Waals surface area (Å²) in [6, 6.07) is 11.4. The van der Waals surface area contributed by atoms with E-state index in [9.17, 15) is 13.2 Å². The van der Waals surface area contributed by atoms with E-state index in [2.05, 4.69) is 10.3 Å². The summed E-state index contributed by atoms with van der Waals surface area (Å²) in [4.78, 5) is 16.5. The third-order valence-electron chi connectivity index (χ3n) is 4.10. The van der Waals surface area contributed by atoms with Crippen LogP contribution in [0.4, 0.5) is 11.6 Å². The third kappa shape index (κ3) is 3.45. The molecule has 1 heterocycles. The van der Waals surface area contributed by atoms with E-state index in [0.29, 0.717) is 28.0 Å². The minimum absolute atomic E-state index is 0.114. The van der Waals surface area contributed by atoms with E-state index in [1.165, 1.54) is 0 Å². The lowest BCUT2D eigenvalue weighted by atomic mass is 10.2. The second-order valence-electron chi connectivity index (χ2n) is 6.21. The van der Waals surface area contributed by atoms with Crippen molar-refractivity contribution in [3.8, 4) is 5.75 Å². The zero-order valence-electron chi connectivity index (χ0n) is 15.1. The van der Waals surface area contributed by atoms with Gasteiger partial charge in [-0.25, -0.2) is 17.4 Å². The quantitative estimate of drug-likeness (QED) is 0.693. The van der Waals surface area contributed by atoms with Gasteiger partial charge in [0.15, 0.2) is 0 Å². The summed E-state index contributed by atoms with van der Waals surface area (Å²) in [6.07, 6.45) is 0. The summed E-state index contributed by atoms with van der Waals surface area (Å²) in [7, 11) is -2.15. The molecule has 3 aromatic rings. The van der Waals surface area contributed by atoms with Gasteiger partial charge in [-0.05, 0) is 56.3 Å². The van der Waals surface area contributed by atoms with Gasteiger partial charge < -0.3 is 15.8 Å². The summed E-state index contributed by atoms with van der Waals surface area (Å²) in [5.74, 6) is 0.200. The van der Waals surface area contributed by atoms with E-state index in [1.54, 1.807) is 63.4 Å². The number of rotatable bonds is 5. The fourth-order valence-electron chi connectivity index (χ4n) is 2.57. The average Bonchev–Trinajstić information content (AvgIpc) is 2.97. The van der Waals surface area contributed by atoms with E-state index in [-0.39, 0.29) is 11.9 Å². The van der Waals surface area contributed by atoms with Crippen LogP contribution in [0.15, 0.2) is 42.5 Å². The summed E-state index contributed by atoms with van der Waals surface area (Å²) < 4.78 is 31.3. The Bertz CT molecular complexity index is 1100. The van der Waals surface area contributed by atoms with Crippen LogP contribution >= 0.6 is 0 Å². The molecular formula is C18H20N4O4S. The molecule has 1 amide bonds. The number of aromatic nitrogens is 2. The van der Waals surface area contributed by atoms with Crippen LogP contribution < -0.4 is 15.8 Å². The SMILES string of the molecule is COc1ccc(C(=O)Nc2ccc3nc(N)n(S(=O)(=O)C(C)C)c3c2)cc1. The zero-order chi connectivity index (χ0) is 19.8. The second kappa shape index (κ2) is 6.92. The summed E-state index contributed by atoms with van der Waals surface area (Å²) in [5, 5.41) is 2.08. The number of anilines is 2. The topological polar surface area (TPSA) is 116 Å². The molecule has 3 N–H and O–H groups in total. The van der Waals surface area contributed by atoms with Crippen LogP contribution in [0.3, 0.4) is 0 Å². The van der Waals surface area contributed by atoms with Crippen molar-refractivity contribution < 1.29 is 17.9 Å². The number of hydrogen-bond donors (Lipinski definition) is 2. The predicted molar refractivity (Wildman–Crippen MR) is 105 cm³/mol. The molecule has 0 radical (unpaired) electrons. The van der Waals surface area contributed by atoms with Gasteiger partial charge in [-0.15, -0.1) is 0 Å². The smallest absolute Gasteiger partial charge is 0.255 e. The van der Waals surface area contributed by atoms with Crippen LogP contribution in [0.2, 0.25) is 0 Å². The first-order valence-electron chi connectivity index (χ1n) is 8.22. The highest BCUT2D eigenvalue weighted by atomic mass is 32.2. The highest BCUT2D eigenvalue weighted by Gasteiger charge is 2.24. The minimum atomic E-state index is -3.69. The summed E-state index contributed by atoms with van der Waals surface area (Å²) in [5.41, 5.74) is 7.44. The van der Waals surface area contributed by atoms with E-state index in [0.717, 1.165) is 3.97 Å². The van der Waals surface area contributed by atoms with Gasteiger partial charge in [0.1, 0.15) is 5.75 Å². The molecule has 0 aliphatic carbocycles. The lowest BCUT2D eigenvalue weighted by Gasteiger charge is -2.12. The van der Waals surface area contributed by atoms with Gasteiger partial charge >= 0.3 is 0 Å². The van der Waals surface area contributed by atoms with Crippen LogP contribution in [0.5, 0.6) is 5.75 Å². The predicted octanol–water partition coefficient (Wildman–Crippen LogP) is 2.47. The first kappa shape index (κ1) is 18.7. The zero-order valence-corrected chi connectivity index (χ0v) is 15.9. The number of methoxy groups -OCH3 is 1. The molecule has 0 aliphatic rings. The van der Waals surface area contributed by atoms with Crippen LogP contribution in [-0.2, 0) is 10.0 Å². The van der Waals surface area contributed by atoms with Gasteiger partial charge in [0.05, 0.1) is 23.4 Å². The maximum absolute atomic E-state index is 12.6. The standard InChI is InChI=1S/C18H20N4O4S/c1-11(2)27(24,25)22-16-10-13(6-9-15(16)21-18(22)19)20-17(23)12-4-7-14(26-3)8-5-12/h4-11H,1-3H3,(H2,19,21)(H,20,23). The van der Waals surface area contributed by atoms with Crippen molar-refractivity contribution in [1.82, 2.24) is 8.96 Å². The summed E-state index contributed by atoms with van der Waals surface area (Å²) in [6.45, 7) is 3.13. The number of nitrogens with zero attached hydrogens (tertiary/aromatic N) is 2. The number of ether oxygens (including phenoxy) is 1. The van der Waals surface area contributed by atoms with Crippen LogP contribution in [-0.4, -0.2) is 35.6 Å². The highest BCUT2D eigenvalue weighted by molar-refractivity contribution is 7.90. The molecule has 27 heavy (non-hydrogen) atoms. The van der Waals surface area contributed by atoms with Gasteiger partial charge in [0.25, 0.3) is 5.91 Å². The van der Waals surface area contributed by atoms with Crippen molar-refractivity contribution in [3.63, 3.8) is 0 Å². The molecule has 0 unspecified atom stereocenters. The lowest BCUT2D eigenvalue weighted by molar-refractivity contribution is 0.102. The normalized spacial score (nSPS) is 11.7. The fourth-order valence-corrected chi connectivity index (χ4v) is 3.72. The fraction of sp³-hybridized carbons (Fsp3) is 0.222. The molecular weight excluding hydrogens is 368 g/mol. The molecule has 0 saturated heterocycles. The number of nitrogens with two attached hydrogens (primary N) is 1. The number of benzene rings is 2. The van der Waals surface area contributed by atoms with Crippen LogP contribution in [0.25, 0.3) is 11.0 Å². The lowest BCUT2D eigenvalue weighted by Crippen LogP contribution is -2.23. The first-order chi connectivity index (χ1) is 12.7. The first-order valence-corrected chi connectivity index (χ1v) is 9.72. The van der Waals surface area contributed by atoms with Crippen molar-refractivity contribution in [3.05, 3.63) is 48.0 Å². The maximum atomic E-state index is 12.6. The largest absolute Gasteiger partial charge is 0.497 e. The number of imidazole rings is 1. The Labute approximate surface area is 157 Å². The van der Waals surface area contributed by atoms with Gasteiger partial charge in [-0.2, -0.15) is 0 Å². The second-order valence-corrected chi connectivity index (χ2v) is 8.55. The monoisotopic (exact) mass is 388 g/mol. The Morgan fingerprint density at radius 2 is 1.85 bits per heavy atom. The summed E-state index contributed by atoms with van der Waals surface area (Å²) >= 11 is 0. The Hall–Kier alpha value is -3.07. The van der Waals surface area contributed by atoms with Crippen molar-refractivity contribution in [2.75, 3.05) is 18.2 Å². The van der Waals surface area contributed by atoms with E-state index >= 15 is 0 Å². The Balaban J connectivity index is 1.97. The molecule has 3 rings (SSSR count). The molecule has 8 nitrogen and oxygen atoms in total. The van der Waals surface area contributed by atoms with E-state index in [1.807, 2.05) is 0 Å². The molecule has 0 fully saturated rings. The van der Waals surface area contributed by atoms with Crippen molar-refractivity contribution in [2.45, 2.75) is 19.1 Å². The Morgan fingerprint density at radius 1 is 1.19 bits per heavy atom. The van der Waals surface area contributed by atoms with E-state index < -0.39 is 15.3 Å². The molecule has 142 valence electrons. The van der Waals surface area contributed by atoms with Gasteiger partial charge in [-0.1, -0.05) is 0 Å². The maximum Gasteiger partial charge on any atom is 0.255 e. The molecule has 0 aliphatic heterocycles. The molecule has 0 spiro atoms. The number of fused-ring (bicyclic) bond motifs is 1. The van der Waals surface area contributed by atoms with Gasteiger partial charge in [-0.3, -0.25) is 4.79 Å².